The van der Waals surface area contributed by atoms with Crippen molar-refractivity contribution in [3.63, 3.8) is 0 Å². The van der Waals surface area contributed by atoms with Crippen LogP contribution in [0.4, 0.5) is 0 Å². The van der Waals surface area contributed by atoms with Gasteiger partial charge in [-0.3, -0.25) is 4.57 Å². The molecule has 0 unspecified atom stereocenters. The van der Waals surface area contributed by atoms with Gasteiger partial charge in [0.05, 0.1) is 25.9 Å². The van der Waals surface area contributed by atoms with Gasteiger partial charge in [0.25, 0.3) is 0 Å². The van der Waals surface area contributed by atoms with Crippen molar-refractivity contribution < 1.29 is 14.0 Å². The molecule has 0 aliphatic rings. The van der Waals surface area contributed by atoms with Gasteiger partial charge in [-0.2, -0.15) is 9.72 Å². The molecule has 0 saturated heterocycles. The standard InChI is InChI=1S/C28H26N6O5/c1-5-16-32-23-22(25-31-27(35)39-33(25)17-6-2)29-24(18-12-14-19(15-13-18)38-7-3)30-26(23)34(28(32)36)20-10-8-9-11-21(20)37-4/h5-6,8-15H,1-2,7,16-17H2,3-4H3. The van der Waals surface area contributed by atoms with Gasteiger partial charge < -0.3 is 14.0 Å². The molecule has 5 rings (SSSR count). The summed E-state index contributed by atoms with van der Waals surface area (Å²) < 4.78 is 20.6. The first kappa shape index (κ1) is 25.5. The molecule has 0 amide bonds. The molecule has 0 radical (unpaired) electrons. The first-order valence-corrected chi connectivity index (χ1v) is 12.2. The Balaban J connectivity index is 1.92. The van der Waals surface area contributed by atoms with Gasteiger partial charge in [0, 0.05) is 12.1 Å². The van der Waals surface area contributed by atoms with Crippen molar-refractivity contribution in [3.05, 3.63) is 94.9 Å². The minimum absolute atomic E-state index is 0.134. The predicted octanol–water partition coefficient (Wildman–Crippen LogP) is 3.85. The van der Waals surface area contributed by atoms with E-state index < -0.39 is 11.4 Å². The molecule has 3 heterocycles. The van der Waals surface area contributed by atoms with Crippen LogP contribution in [0.3, 0.4) is 0 Å². The second-order valence-corrected chi connectivity index (χ2v) is 8.36. The summed E-state index contributed by atoms with van der Waals surface area (Å²) in [5.74, 6) is 0.810. The van der Waals surface area contributed by atoms with Crippen LogP contribution in [0.1, 0.15) is 6.92 Å². The highest BCUT2D eigenvalue weighted by Crippen LogP contribution is 2.31. The minimum atomic E-state index is -0.803. The van der Waals surface area contributed by atoms with Crippen LogP contribution in [0.5, 0.6) is 11.5 Å². The third kappa shape index (κ3) is 4.54. The molecule has 0 fully saturated rings. The van der Waals surface area contributed by atoms with Crippen LogP contribution in [0.15, 0.2) is 88.0 Å². The molecule has 2 aromatic carbocycles. The SMILES string of the molecule is C=CCn1oc(=O)nc1-c1nc(-c2ccc(OCC)cc2)nc2c1n(CC=C)c(=O)n2-c1ccccc1OC. The normalized spacial score (nSPS) is 11.0. The van der Waals surface area contributed by atoms with Gasteiger partial charge in [0.1, 0.15) is 22.7 Å². The molecule has 39 heavy (non-hydrogen) atoms. The van der Waals surface area contributed by atoms with Crippen molar-refractivity contribution in [2.24, 2.45) is 0 Å². The van der Waals surface area contributed by atoms with Crippen LogP contribution in [0, 0.1) is 0 Å². The number of methoxy groups -OCH3 is 1. The van der Waals surface area contributed by atoms with E-state index in [2.05, 4.69) is 18.1 Å². The Morgan fingerprint density at radius 1 is 0.974 bits per heavy atom. The average molecular weight is 527 g/mol. The first-order valence-electron chi connectivity index (χ1n) is 12.2. The van der Waals surface area contributed by atoms with Crippen molar-refractivity contribution in [1.29, 1.82) is 0 Å². The van der Waals surface area contributed by atoms with Crippen molar-refractivity contribution in [2.75, 3.05) is 13.7 Å². The number of rotatable bonds is 10. The van der Waals surface area contributed by atoms with Gasteiger partial charge in [-0.25, -0.2) is 24.1 Å². The van der Waals surface area contributed by atoms with Crippen LogP contribution in [-0.2, 0) is 13.1 Å². The van der Waals surface area contributed by atoms with Crippen molar-refractivity contribution in [3.8, 4) is 40.1 Å². The van der Waals surface area contributed by atoms with E-state index in [0.29, 0.717) is 46.3 Å². The monoisotopic (exact) mass is 526 g/mol. The Labute approximate surface area is 222 Å². The molecule has 0 saturated carbocycles. The zero-order chi connectivity index (χ0) is 27.5. The van der Waals surface area contributed by atoms with Crippen LogP contribution in [0.2, 0.25) is 0 Å². The number of imidazole rings is 1. The number of benzene rings is 2. The summed E-state index contributed by atoms with van der Waals surface area (Å²) in [7, 11) is 1.53. The molecule has 3 aromatic heterocycles. The summed E-state index contributed by atoms with van der Waals surface area (Å²) in [6, 6.07) is 14.4. The molecule has 0 N–H and O–H groups in total. The molecule has 11 nitrogen and oxygen atoms in total. The fourth-order valence-electron chi connectivity index (χ4n) is 4.35. The number of hydrogen-bond acceptors (Lipinski definition) is 8. The second-order valence-electron chi connectivity index (χ2n) is 8.36. The molecule has 11 heteroatoms. The zero-order valence-corrected chi connectivity index (χ0v) is 21.5. The molecular weight excluding hydrogens is 500 g/mol. The predicted molar refractivity (Wildman–Crippen MR) is 146 cm³/mol. The molecule has 5 aromatic rings. The lowest BCUT2D eigenvalue weighted by Gasteiger charge is -2.11. The summed E-state index contributed by atoms with van der Waals surface area (Å²) in [4.78, 5) is 39.9. The van der Waals surface area contributed by atoms with E-state index in [1.54, 1.807) is 30.4 Å². The van der Waals surface area contributed by atoms with Crippen LogP contribution in [-0.4, -0.2) is 42.5 Å². The van der Waals surface area contributed by atoms with Crippen LogP contribution >= 0.6 is 0 Å². The Hall–Kier alpha value is -5.19. The lowest BCUT2D eigenvalue weighted by molar-refractivity contribution is 0.270. The minimum Gasteiger partial charge on any atom is -0.495 e. The Kier molecular flexibility index (Phi) is 6.96. The van der Waals surface area contributed by atoms with Crippen molar-refractivity contribution in [1.82, 2.24) is 28.8 Å². The fraction of sp³-hybridized carbons (Fsp3) is 0.179. The number of para-hydroxylation sites is 2. The largest absolute Gasteiger partial charge is 0.495 e. The highest BCUT2D eigenvalue weighted by Gasteiger charge is 2.26. The summed E-state index contributed by atoms with van der Waals surface area (Å²) in [5, 5.41) is 0. The van der Waals surface area contributed by atoms with Crippen molar-refractivity contribution >= 4 is 11.2 Å². The second kappa shape index (κ2) is 10.7. The molecule has 0 aliphatic carbocycles. The van der Waals surface area contributed by atoms with E-state index in [4.69, 9.17) is 24.0 Å². The van der Waals surface area contributed by atoms with E-state index in [0.717, 1.165) is 0 Å². The average Bonchev–Trinajstić information content (AvgIpc) is 3.45. The van der Waals surface area contributed by atoms with E-state index in [-0.39, 0.29) is 24.6 Å². The highest BCUT2D eigenvalue weighted by molar-refractivity contribution is 5.89. The summed E-state index contributed by atoms with van der Waals surface area (Å²) in [6.45, 7) is 10.3. The number of nitrogens with zero attached hydrogens (tertiary/aromatic N) is 6. The molecule has 0 atom stereocenters. The van der Waals surface area contributed by atoms with Crippen molar-refractivity contribution in [2.45, 2.75) is 20.0 Å². The summed E-state index contributed by atoms with van der Waals surface area (Å²) in [5.41, 5.74) is 1.65. The molecule has 0 spiro atoms. The third-order valence-corrected chi connectivity index (χ3v) is 5.96. The van der Waals surface area contributed by atoms with Gasteiger partial charge in [0.2, 0.25) is 0 Å². The lowest BCUT2D eigenvalue weighted by atomic mass is 10.2. The van der Waals surface area contributed by atoms with Gasteiger partial charge in [-0.05, 0) is 43.3 Å². The molecule has 0 aliphatic heterocycles. The Bertz CT molecular complexity index is 1790. The number of ether oxygens (including phenoxy) is 2. The Morgan fingerprint density at radius 2 is 1.72 bits per heavy atom. The molecular formula is C28H26N6O5. The van der Waals surface area contributed by atoms with E-state index in [1.807, 2.05) is 37.3 Å². The third-order valence-electron chi connectivity index (χ3n) is 5.96. The smallest absolute Gasteiger partial charge is 0.460 e. The number of aromatic nitrogens is 6. The maximum atomic E-state index is 13.9. The first-order chi connectivity index (χ1) is 19.0. The number of allylic oxidation sites excluding steroid dienone is 2. The Morgan fingerprint density at radius 3 is 2.41 bits per heavy atom. The van der Waals surface area contributed by atoms with Gasteiger partial charge in [-0.15, -0.1) is 13.2 Å². The maximum Gasteiger partial charge on any atom is 0.460 e. The maximum absolute atomic E-state index is 13.9. The summed E-state index contributed by atoms with van der Waals surface area (Å²) in [6.07, 6.45) is 3.16. The number of hydrogen-bond donors (Lipinski definition) is 0. The van der Waals surface area contributed by atoms with Crippen LogP contribution < -0.4 is 20.9 Å². The number of fused-ring (bicyclic) bond motifs is 1. The molecule has 198 valence electrons. The van der Waals surface area contributed by atoms with Gasteiger partial charge in [0.15, 0.2) is 17.3 Å². The van der Waals surface area contributed by atoms with E-state index in [9.17, 15) is 9.59 Å². The highest BCUT2D eigenvalue weighted by atomic mass is 16.5. The quantitative estimate of drug-likeness (QED) is 0.252. The summed E-state index contributed by atoms with van der Waals surface area (Å²) >= 11 is 0. The van der Waals surface area contributed by atoms with Gasteiger partial charge >= 0.3 is 11.4 Å². The van der Waals surface area contributed by atoms with Crippen LogP contribution in [0.25, 0.3) is 39.8 Å². The zero-order valence-electron chi connectivity index (χ0n) is 21.5. The van der Waals surface area contributed by atoms with E-state index >= 15 is 0 Å². The fourth-order valence-corrected chi connectivity index (χ4v) is 4.35. The lowest BCUT2D eigenvalue weighted by Crippen LogP contribution is -2.23. The van der Waals surface area contributed by atoms with Gasteiger partial charge in [-0.1, -0.05) is 24.3 Å². The topological polar surface area (TPSA) is 119 Å². The van der Waals surface area contributed by atoms with E-state index in [1.165, 1.54) is 21.0 Å². The molecule has 0 bridgehead atoms.